The normalized spacial score (nSPS) is 10.2. The molecular weight excluding hydrogens is 184 g/mol. The van der Waals surface area contributed by atoms with E-state index in [1.807, 2.05) is 43.3 Å². The van der Waals surface area contributed by atoms with Gasteiger partial charge in [0.15, 0.2) is 0 Å². The average Bonchev–Trinajstić information content (AvgIpc) is 2.16. The van der Waals surface area contributed by atoms with Crippen molar-refractivity contribution >= 4 is 11.4 Å². The Morgan fingerprint density at radius 2 is 1.53 bits per heavy atom. The molecule has 0 fully saturated rings. The van der Waals surface area contributed by atoms with E-state index < -0.39 is 0 Å². The van der Waals surface area contributed by atoms with E-state index in [0.29, 0.717) is 0 Å². The predicted molar refractivity (Wildman–Crippen MR) is 65.4 cm³/mol. The van der Waals surface area contributed by atoms with Crippen LogP contribution >= 0.6 is 0 Å². The molecule has 0 spiro atoms. The monoisotopic (exact) mass is 198 g/mol. The molecule has 0 unspecified atom stereocenters. The average molecular weight is 198 g/mol. The number of anilines is 2. The summed E-state index contributed by atoms with van der Waals surface area (Å²) in [6.45, 7) is 2.03. The van der Waals surface area contributed by atoms with Gasteiger partial charge in [0.2, 0.25) is 0 Å². The van der Waals surface area contributed by atoms with Crippen molar-refractivity contribution < 1.29 is 0 Å². The van der Waals surface area contributed by atoms with Gasteiger partial charge in [-0.2, -0.15) is 0 Å². The van der Waals surface area contributed by atoms with Crippen molar-refractivity contribution in [3.63, 3.8) is 0 Å². The fourth-order valence-electron chi connectivity index (χ4n) is 1.70. The van der Waals surface area contributed by atoms with E-state index in [-0.39, 0.29) is 0 Å². The molecule has 0 bridgehead atoms. The van der Waals surface area contributed by atoms with Gasteiger partial charge in [-0.1, -0.05) is 18.2 Å². The third-order valence-electron chi connectivity index (χ3n) is 2.32. The molecule has 0 aromatic heterocycles. The number of hydrogen-bond acceptors (Lipinski definition) is 2. The highest BCUT2D eigenvalue weighted by atomic mass is 14.5. The van der Waals surface area contributed by atoms with Gasteiger partial charge < -0.3 is 11.5 Å². The van der Waals surface area contributed by atoms with Crippen LogP contribution in [-0.2, 0) is 0 Å². The van der Waals surface area contributed by atoms with Crippen LogP contribution in [0.15, 0.2) is 42.5 Å². The molecule has 4 N–H and O–H groups in total. The Morgan fingerprint density at radius 1 is 0.800 bits per heavy atom. The maximum atomic E-state index is 5.80. The van der Waals surface area contributed by atoms with Crippen LogP contribution < -0.4 is 11.5 Å². The third kappa shape index (κ3) is 2.10. The molecule has 2 aromatic carbocycles. The van der Waals surface area contributed by atoms with Crippen molar-refractivity contribution in [1.82, 2.24) is 0 Å². The van der Waals surface area contributed by atoms with E-state index in [9.17, 15) is 0 Å². The molecule has 0 heterocycles. The summed E-state index contributed by atoms with van der Waals surface area (Å²) in [5.41, 5.74) is 16.5. The fourth-order valence-corrected chi connectivity index (χ4v) is 1.70. The van der Waals surface area contributed by atoms with E-state index in [2.05, 4.69) is 6.07 Å². The Labute approximate surface area is 89.5 Å². The first-order chi connectivity index (χ1) is 7.15. The highest BCUT2D eigenvalue weighted by molar-refractivity contribution is 5.71. The maximum Gasteiger partial charge on any atom is 0.0322 e. The zero-order valence-electron chi connectivity index (χ0n) is 8.70. The second-order valence-electron chi connectivity index (χ2n) is 3.76. The van der Waals surface area contributed by atoms with Crippen molar-refractivity contribution in [2.24, 2.45) is 0 Å². The lowest BCUT2D eigenvalue weighted by Gasteiger charge is -2.05. The van der Waals surface area contributed by atoms with Crippen LogP contribution in [0.25, 0.3) is 11.1 Å². The minimum absolute atomic E-state index is 0.771. The number of aryl methyl sites for hydroxylation is 1. The SMILES string of the molecule is Cc1cc(N)cc(-c2cccc(N)c2)c1. The molecule has 0 radical (unpaired) electrons. The quantitative estimate of drug-likeness (QED) is 0.692. The Morgan fingerprint density at radius 3 is 2.20 bits per heavy atom. The van der Waals surface area contributed by atoms with Gasteiger partial charge in [-0.25, -0.2) is 0 Å². The molecule has 2 aromatic rings. The second kappa shape index (κ2) is 3.65. The van der Waals surface area contributed by atoms with Gasteiger partial charge in [0, 0.05) is 11.4 Å². The number of benzene rings is 2. The number of hydrogen-bond donors (Lipinski definition) is 2. The van der Waals surface area contributed by atoms with E-state index in [1.54, 1.807) is 0 Å². The minimum atomic E-state index is 0.771. The summed E-state index contributed by atoms with van der Waals surface area (Å²) < 4.78 is 0. The summed E-state index contributed by atoms with van der Waals surface area (Å²) in [6, 6.07) is 13.8. The first-order valence-corrected chi connectivity index (χ1v) is 4.88. The molecule has 15 heavy (non-hydrogen) atoms. The van der Waals surface area contributed by atoms with E-state index in [1.165, 1.54) is 0 Å². The number of nitrogens with two attached hydrogens (primary N) is 2. The van der Waals surface area contributed by atoms with Crippen LogP contribution in [0, 0.1) is 6.92 Å². The molecular formula is C13H14N2. The Balaban J connectivity index is 2.54. The molecule has 2 rings (SSSR count). The topological polar surface area (TPSA) is 52.0 Å². The van der Waals surface area contributed by atoms with Gasteiger partial charge in [0.1, 0.15) is 0 Å². The van der Waals surface area contributed by atoms with Crippen LogP contribution in [0.5, 0.6) is 0 Å². The van der Waals surface area contributed by atoms with Crippen molar-refractivity contribution in [3.8, 4) is 11.1 Å². The summed E-state index contributed by atoms with van der Waals surface area (Å²) >= 11 is 0. The zero-order chi connectivity index (χ0) is 10.8. The molecule has 0 aliphatic carbocycles. The lowest BCUT2D eigenvalue weighted by Crippen LogP contribution is -1.89. The van der Waals surface area contributed by atoms with Gasteiger partial charge in [-0.15, -0.1) is 0 Å². The largest absolute Gasteiger partial charge is 0.399 e. The number of rotatable bonds is 1. The summed E-state index contributed by atoms with van der Waals surface area (Å²) in [4.78, 5) is 0. The van der Waals surface area contributed by atoms with Crippen LogP contribution in [0.1, 0.15) is 5.56 Å². The Hall–Kier alpha value is -1.96. The van der Waals surface area contributed by atoms with Crippen molar-refractivity contribution in [2.45, 2.75) is 6.92 Å². The van der Waals surface area contributed by atoms with Crippen molar-refractivity contribution in [2.75, 3.05) is 11.5 Å². The molecule has 0 saturated heterocycles. The molecule has 2 nitrogen and oxygen atoms in total. The van der Waals surface area contributed by atoms with Gasteiger partial charge >= 0.3 is 0 Å². The summed E-state index contributed by atoms with van der Waals surface area (Å²) in [5.74, 6) is 0. The molecule has 0 saturated carbocycles. The summed E-state index contributed by atoms with van der Waals surface area (Å²) in [5, 5.41) is 0. The van der Waals surface area contributed by atoms with E-state index >= 15 is 0 Å². The summed E-state index contributed by atoms with van der Waals surface area (Å²) in [6.07, 6.45) is 0. The molecule has 2 heteroatoms. The highest BCUT2D eigenvalue weighted by Crippen LogP contribution is 2.24. The first kappa shape index (κ1) is 9.59. The van der Waals surface area contributed by atoms with E-state index in [0.717, 1.165) is 28.1 Å². The lowest BCUT2D eigenvalue weighted by molar-refractivity contribution is 1.47. The molecule has 0 atom stereocenters. The van der Waals surface area contributed by atoms with E-state index in [4.69, 9.17) is 11.5 Å². The van der Waals surface area contributed by atoms with Crippen molar-refractivity contribution in [1.29, 1.82) is 0 Å². The van der Waals surface area contributed by atoms with Crippen LogP contribution in [0.3, 0.4) is 0 Å². The van der Waals surface area contributed by atoms with Gasteiger partial charge in [0.25, 0.3) is 0 Å². The number of nitrogen functional groups attached to an aromatic ring is 2. The first-order valence-electron chi connectivity index (χ1n) is 4.88. The fraction of sp³-hybridized carbons (Fsp3) is 0.0769. The van der Waals surface area contributed by atoms with Gasteiger partial charge in [-0.3, -0.25) is 0 Å². The minimum Gasteiger partial charge on any atom is -0.399 e. The zero-order valence-corrected chi connectivity index (χ0v) is 8.70. The van der Waals surface area contributed by atoms with Gasteiger partial charge in [-0.05, 0) is 47.9 Å². The van der Waals surface area contributed by atoms with Crippen LogP contribution in [0.2, 0.25) is 0 Å². The molecule has 0 amide bonds. The highest BCUT2D eigenvalue weighted by Gasteiger charge is 1.99. The van der Waals surface area contributed by atoms with Crippen LogP contribution in [-0.4, -0.2) is 0 Å². The standard InChI is InChI=1S/C13H14N2/c1-9-5-11(8-13(15)6-9)10-3-2-4-12(14)7-10/h2-8H,14-15H2,1H3. The molecule has 0 aliphatic heterocycles. The smallest absolute Gasteiger partial charge is 0.0322 e. The summed E-state index contributed by atoms with van der Waals surface area (Å²) in [7, 11) is 0. The Kier molecular flexibility index (Phi) is 2.34. The van der Waals surface area contributed by atoms with Gasteiger partial charge in [0.05, 0.1) is 0 Å². The molecule has 76 valence electrons. The Bertz CT molecular complexity index is 469. The lowest BCUT2D eigenvalue weighted by atomic mass is 10.0. The third-order valence-corrected chi connectivity index (χ3v) is 2.32. The second-order valence-corrected chi connectivity index (χ2v) is 3.76. The van der Waals surface area contributed by atoms with Crippen LogP contribution in [0.4, 0.5) is 11.4 Å². The van der Waals surface area contributed by atoms with Crippen molar-refractivity contribution in [3.05, 3.63) is 48.0 Å². The molecule has 0 aliphatic rings. The maximum absolute atomic E-state index is 5.80. The predicted octanol–water partition coefficient (Wildman–Crippen LogP) is 2.83.